The van der Waals surface area contributed by atoms with Gasteiger partial charge in [0.15, 0.2) is 0 Å². The van der Waals surface area contributed by atoms with Gasteiger partial charge in [0.25, 0.3) is 5.91 Å². The van der Waals surface area contributed by atoms with Crippen molar-refractivity contribution in [3.8, 4) is 17.1 Å². The van der Waals surface area contributed by atoms with Gasteiger partial charge in [-0.1, -0.05) is 17.3 Å². The van der Waals surface area contributed by atoms with Gasteiger partial charge in [-0.3, -0.25) is 4.79 Å². The Kier molecular flexibility index (Phi) is 5.54. The molecule has 32 heavy (non-hydrogen) atoms. The van der Waals surface area contributed by atoms with E-state index in [0.29, 0.717) is 30.0 Å². The summed E-state index contributed by atoms with van der Waals surface area (Å²) in [5.74, 6) is 0.604. The van der Waals surface area contributed by atoms with Crippen molar-refractivity contribution in [1.29, 1.82) is 0 Å². The molecule has 0 N–H and O–H groups in total. The van der Waals surface area contributed by atoms with E-state index < -0.39 is 0 Å². The molecule has 1 aliphatic rings. The fourth-order valence-electron chi connectivity index (χ4n) is 4.22. The van der Waals surface area contributed by atoms with Crippen molar-refractivity contribution in [3.63, 3.8) is 0 Å². The van der Waals surface area contributed by atoms with E-state index >= 15 is 0 Å². The minimum atomic E-state index is -0.378. The number of carbonyl (C=O) groups is 1. The summed E-state index contributed by atoms with van der Waals surface area (Å²) in [5, 5.41) is 3.94. The lowest BCUT2D eigenvalue weighted by Gasteiger charge is -2.32. The highest BCUT2D eigenvalue weighted by Gasteiger charge is 2.26. The van der Waals surface area contributed by atoms with E-state index in [1.807, 2.05) is 58.3 Å². The number of aromatic nitrogens is 3. The Labute approximate surface area is 185 Å². The topological polar surface area (TPSA) is 64.2 Å². The first-order valence-corrected chi connectivity index (χ1v) is 10.8. The fourth-order valence-corrected chi connectivity index (χ4v) is 4.22. The quantitative estimate of drug-likeness (QED) is 0.458. The van der Waals surface area contributed by atoms with Crippen LogP contribution in [-0.2, 0) is 6.42 Å². The van der Waals surface area contributed by atoms with Crippen LogP contribution in [-0.4, -0.2) is 38.6 Å². The molecular weight excluding hydrogens is 407 g/mol. The van der Waals surface area contributed by atoms with Gasteiger partial charge >= 0.3 is 0 Å². The smallest absolute Gasteiger partial charge is 0.253 e. The molecule has 0 spiro atoms. The number of piperidine rings is 1. The van der Waals surface area contributed by atoms with Crippen molar-refractivity contribution < 1.29 is 13.7 Å². The molecule has 0 saturated carbocycles. The molecule has 0 unspecified atom stereocenters. The summed E-state index contributed by atoms with van der Waals surface area (Å²) in [5.41, 5.74) is 2.03. The van der Waals surface area contributed by atoms with E-state index in [0.717, 1.165) is 25.1 Å². The Bertz CT molecular complexity index is 1200. The second-order valence-corrected chi connectivity index (χ2v) is 8.09. The molecule has 6 nitrogen and oxygen atoms in total. The average molecular weight is 430 g/mol. The normalized spacial score (nSPS) is 16.3. The Hall–Kier alpha value is -3.74. The molecule has 1 saturated heterocycles. The monoisotopic (exact) mass is 430 g/mol. The van der Waals surface area contributed by atoms with Crippen LogP contribution in [0.15, 0.2) is 77.6 Å². The Morgan fingerprint density at radius 3 is 2.62 bits per heavy atom. The third-order valence-electron chi connectivity index (χ3n) is 5.87. The number of likely N-dealkylation sites (tertiary alicyclic amines) is 1. The molecule has 0 bridgehead atoms. The second-order valence-electron chi connectivity index (χ2n) is 8.09. The van der Waals surface area contributed by atoms with Gasteiger partial charge < -0.3 is 14.0 Å². The summed E-state index contributed by atoms with van der Waals surface area (Å²) in [7, 11) is 0. The maximum Gasteiger partial charge on any atom is 0.253 e. The SMILES string of the molecule is O=C(c1ccc(-n2cccc2)cc1)N1CCC[C@@H](Cc2nc(-c3ccccc3F)no2)C1. The molecule has 0 aliphatic carbocycles. The standard InChI is InChI=1S/C25H23FN4O2/c26-22-8-2-1-7-21(22)24-27-23(32-28-24)16-18-6-5-15-30(17-18)25(31)19-9-11-20(12-10-19)29-13-3-4-14-29/h1-4,7-14,18H,5-6,15-17H2/t18-/m0/s1. The number of hydrogen-bond donors (Lipinski definition) is 0. The van der Waals surface area contributed by atoms with Crippen LogP contribution in [0.25, 0.3) is 17.1 Å². The maximum absolute atomic E-state index is 14.0. The van der Waals surface area contributed by atoms with Crippen LogP contribution in [0.4, 0.5) is 4.39 Å². The molecule has 1 aliphatic heterocycles. The fraction of sp³-hybridized carbons (Fsp3) is 0.240. The van der Waals surface area contributed by atoms with E-state index in [4.69, 9.17) is 4.52 Å². The van der Waals surface area contributed by atoms with Crippen LogP contribution >= 0.6 is 0 Å². The minimum absolute atomic E-state index is 0.0336. The van der Waals surface area contributed by atoms with Crippen molar-refractivity contribution in [2.24, 2.45) is 5.92 Å². The molecule has 1 amide bonds. The predicted octanol–water partition coefficient (Wildman–Crippen LogP) is 4.76. The highest BCUT2D eigenvalue weighted by atomic mass is 19.1. The highest BCUT2D eigenvalue weighted by molar-refractivity contribution is 5.94. The first kappa shape index (κ1) is 20.2. The van der Waals surface area contributed by atoms with Gasteiger partial charge in [-0.15, -0.1) is 0 Å². The van der Waals surface area contributed by atoms with E-state index in [1.54, 1.807) is 18.2 Å². The van der Waals surface area contributed by atoms with E-state index in [1.165, 1.54) is 6.07 Å². The molecule has 0 radical (unpaired) electrons. The summed E-state index contributed by atoms with van der Waals surface area (Å²) in [6.45, 7) is 1.37. The van der Waals surface area contributed by atoms with Gasteiger partial charge in [0.1, 0.15) is 5.82 Å². The van der Waals surface area contributed by atoms with Crippen molar-refractivity contribution >= 4 is 5.91 Å². The first-order valence-electron chi connectivity index (χ1n) is 10.8. The molecule has 1 fully saturated rings. The highest BCUT2D eigenvalue weighted by Crippen LogP contribution is 2.24. The molecule has 4 aromatic rings. The molecule has 162 valence electrons. The predicted molar refractivity (Wildman–Crippen MR) is 118 cm³/mol. The second kappa shape index (κ2) is 8.78. The molecular formula is C25H23FN4O2. The lowest BCUT2D eigenvalue weighted by Crippen LogP contribution is -2.40. The van der Waals surface area contributed by atoms with Gasteiger partial charge in [0.2, 0.25) is 11.7 Å². The zero-order valence-corrected chi connectivity index (χ0v) is 17.5. The number of nitrogens with zero attached hydrogens (tertiary/aromatic N) is 4. The number of rotatable bonds is 5. The number of carbonyl (C=O) groups excluding carboxylic acids is 1. The first-order chi connectivity index (χ1) is 15.7. The zero-order valence-electron chi connectivity index (χ0n) is 17.5. The van der Waals surface area contributed by atoms with Crippen LogP contribution < -0.4 is 0 Å². The number of halogens is 1. The van der Waals surface area contributed by atoms with Gasteiger partial charge in [0, 0.05) is 43.2 Å². The van der Waals surface area contributed by atoms with Gasteiger partial charge in [-0.05, 0) is 67.3 Å². The Morgan fingerprint density at radius 1 is 1.06 bits per heavy atom. The molecule has 7 heteroatoms. The lowest BCUT2D eigenvalue weighted by molar-refractivity contribution is 0.0668. The summed E-state index contributed by atoms with van der Waals surface area (Å²) < 4.78 is 21.4. The maximum atomic E-state index is 14.0. The third kappa shape index (κ3) is 4.19. The van der Waals surface area contributed by atoms with E-state index in [2.05, 4.69) is 10.1 Å². The van der Waals surface area contributed by atoms with Gasteiger partial charge in [-0.25, -0.2) is 4.39 Å². The summed E-state index contributed by atoms with van der Waals surface area (Å²) in [6, 6.07) is 18.0. The van der Waals surface area contributed by atoms with E-state index in [-0.39, 0.29) is 23.5 Å². The summed E-state index contributed by atoms with van der Waals surface area (Å²) in [6.07, 6.45) is 6.42. The third-order valence-corrected chi connectivity index (χ3v) is 5.87. The van der Waals surface area contributed by atoms with Gasteiger partial charge in [0.05, 0.1) is 5.56 Å². The van der Waals surface area contributed by atoms with Crippen LogP contribution in [0.5, 0.6) is 0 Å². The van der Waals surface area contributed by atoms with Crippen LogP contribution in [0, 0.1) is 11.7 Å². The van der Waals surface area contributed by atoms with Crippen LogP contribution in [0.1, 0.15) is 29.1 Å². The molecule has 3 heterocycles. The number of benzene rings is 2. The molecule has 5 rings (SSSR count). The lowest BCUT2D eigenvalue weighted by atomic mass is 9.94. The average Bonchev–Trinajstić information content (AvgIpc) is 3.52. The molecule has 2 aromatic carbocycles. The summed E-state index contributed by atoms with van der Waals surface area (Å²) >= 11 is 0. The zero-order chi connectivity index (χ0) is 21.9. The van der Waals surface area contributed by atoms with Gasteiger partial charge in [-0.2, -0.15) is 4.98 Å². The van der Waals surface area contributed by atoms with Crippen LogP contribution in [0.2, 0.25) is 0 Å². The Morgan fingerprint density at radius 2 is 1.84 bits per heavy atom. The molecule has 2 aromatic heterocycles. The Balaban J connectivity index is 1.24. The summed E-state index contributed by atoms with van der Waals surface area (Å²) in [4.78, 5) is 19.3. The van der Waals surface area contributed by atoms with Crippen molar-refractivity contribution in [3.05, 3.63) is 90.3 Å². The van der Waals surface area contributed by atoms with Crippen molar-refractivity contribution in [2.45, 2.75) is 19.3 Å². The van der Waals surface area contributed by atoms with Crippen molar-refractivity contribution in [1.82, 2.24) is 19.6 Å². The van der Waals surface area contributed by atoms with E-state index in [9.17, 15) is 9.18 Å². The molecule has 1 atom stereocenters. The van der Waals surface area contributed by atoms with Crippen molar-refractivity contribution in [2.75, 3.05) is 13.1 Å². The largest absolute Gasteiger partial charge is 0.339 e. The number of hydrogen-bond acceptors (Lipinski definition) is 4. The number of amides is 1. The van der Waals surface area contributed by atoms with Crippen LogP contribution in [0.3, 0.4) is 0 Å². The minimum Gasteiger partial charge on any atom is -0.339 e.